The Morgan fingerprint density at radius 2 is 1.90 bits per heavy atom. The van der Waals surface area contributed by atoms with Crippen LogP contribution in [0.4, 0.5) is 4.39 Å². The lowest BCUT2D eigenvalue weighted by molar-refractivity contribution is -0.119. The molecule has 0 fully saturated rings. The van der Waals surface area contributed by atoms with Gasteiger partial charge in [0.1, 0.15) is 5.82 Å². The third-order valence-electron chi connectivity index (χ3n) is 3.18. The summed E-state index contributed by atoms with van der Waals surface area (Å²) in [5.74, 6) is -0.478. The summed E-state index contributed by atoms with van der Waals surface area (Å²) in [5, 5.41) is 0. The van der Waals surface area contributed by atoms with Gasteiger partial charge in [0, 0.05) is 12.1 Å². The summed E-state index contributed by atoms with van der Waals surface area (Å²) in [6.07, 6.45) is 0.150. The number of nitrogens with zero attached hydrogens (tertiary/aromatic N) is 2. The van der Waals surface area contributed by atoms with Gasteiger partial charge in [-0.25, -0.2) is 9.18 Å². The summed E-state index contributed by atoms with van der Waals surface area (Å²) < 4.78 is 14.9. The maximum atomic E-state index is 12.8. The summed E-state index contributed by atoms with van der Waals surface area (Å²) in [6, 6.07) is 5.74. The van der Waals surface area contributed by atoms with E-state index in [0.29, 0.717) is 17.0 Å². The number of hydrogen-bond donors (Lipinski definition) is 0. The highest BCUT2D eigenvalue weighted by molar-refractivity contribution is 9.10. The number of hydrogen-bond acceptors (Lipinski definition) is 3. The maximum Gasteiger partial charge on any atom is 0.348 e. The van der Waals surface area contributed by atoms with Crippen molar-refractivity contribution in [3.05, 3.63) is 62.0 Å². The molecule has 0 aliphatic rings. The normalized spacial score (nSPS) is 10.7. The Hall–Kier alpha value is -1.82. The van der Waals surface area contributed by atoms with Crippen molar-refractivity contribution < 1.29 is 9.18 Å². The Bertz CT molecular complexity index is 739. The third-order valence-corrected chi connectivity index (χ3v) is 4.33. The summed E-state index contributed by atoms with van der Waals surface area (Å²) in [4.78, 5) is 27.8. The van der Waals surface area contributed by atoms with Crippen molar-refractivity contribution in [1.82, 2.24) is 9.55 Å². The number of aromatic nitrogens is 2. The molecule has 0 aliphatic carbocycles. The highest BCUT2D eigenvalue weighted by Crippen LogP contribution is 2.16. The van der Waals surface area contributed by atoms with Crippen LogP contribution in [0, 0.1) is 19.7 Å². The minimum Gasteiger partial charge on any atom is -0.297 e. The van der Waals surface area contributed by atoms with Crippen molar-refractivity contribution in [2.45, 2.75) is 26.8 Å². The van der Waals surface area contributed by atoms with Gasteiger partial charge in [-0.3, -0.25) is 9.36 Å². The van der Waals surface area contributed by atoms with Crippen LogP contribution in [0.3, 0.4) is 0 Å². The molecule has 21 heavy (non-hydrogen) atoms. The van der Waals surface area contributed by atoms with Crippen LogP contribution in [0.2, 0.25) is 0 Å². The fraction of sp³-hybridized carbons (Fsp3) is 0.267. The molecule has 0 atom stereocenters. The van der Waals surface area contributed by atoms with E-state index in [1.807, 2.05) is 0 Å². The van der Waals surface area contributed by atoms with Crippen molar-refractivity contribution in [1.29, 1.82) is 0 Å². The summed E-state index contributed by atoms with van der Waals surface area (Å²) in [5.41, 5.74) is 1.53. The fourth-order valence-corrected chi connectivity index (χ4v) is 2.33. The zero-order chi connectivity index (χ0) is 15.6. The first-order valence-electron chi connectivity index (χ1n) is 6.38. The average molecular weight is 353 g/mol. The number of Topliss-reactive ketones (excluding diaryl/α,β-unsaturated/α-hetero) is 1. The van der Waals surface area contributed by atoms with E-state index >= 15 is 0 Å². The van der Waals surface area contributed by atoms with Crippen LogP contribution >= 0.6 is 15.9 Å². The quantitative estimate of drug-likeness (QED) is 0.849. The number of halogens is 2. The standard InChI is InChI=1S/C15H14BrFN2O2/c1-9-14(16)10(2)19(15(21)18-9)8-13(20)7-11-3-5-12(17)6-4-11/h3-6H,7-8H2,1-2H3. The van der Waals surface area contributed by atoms with E-state index in [0.717, 1.165) is 4.47 Å². The lowest BCUT2D eigenvalue weighted by atomic mass is 10.1. The van der Waals surface area contributed by atoms with Crippen molar-refractivity contribution >= 4 is 21.7 Å². The Morgan fingerprint density at radius 3 is 2.52 bits per heavy atom. The SMILES string of the molecule is Cc1nc(=O)n(CC(=O)Cc2ccc(F)cc2)c(C)c1Br. The summed E-state index contributed by atoms with van der Waals surface area (Å²) in [6.45, 7) is 3.43. The number of carbonyl (C=O) groups excluding carboxylic acids is 1. The van der Waals surface area contributed by atoms with E-state index in [2.05, 4.69) is 20.9 Å². The van der Waals surface area contributed by atoms with Gasteiger partial charge in [0.25, 0.3) is 0 Å². The second-order valence-corrected chi connectivity index (χ2v) is 5.60. The van der Waals surface area contributed by atoms with Crippen LogP contribution in [0.1, 0.15) is 17.0 Å². The van der Waals surface area contributed by atoms with Gasteiger partial charge in [0.15, 0.2) is 5.78 Å². The fourth-order valence-electron chi connectivity index (χ4n) is 2.03. The molecule has 1 aromatic heterocycles. The molecule has 4 nitrogen and oxygen atoms in total. The van der Waals surface area contributed by atoms with E-state index in [1.54, 1.807) is 26.0 Å². The molecule has 0 bridgehead atoms. The van der Waals surface area contributed by atoms with E-state index in [9.17, 15) is 14.0 Å². The first-order valence-corrected chi connectivity index (χ1v) is 7.17. The predicted octanol–water partition coefficient (Wildman–Crippen LogP) is 2.57. The number of rotatable bonds is 4. The largest absolute Gasteiger partial charge is 0.348 e. The predicted molar refractivity (Wildman–Crippen MR) is 80.8 cm³/mol. The van der Waals surface area contributed by atoms with Gasteiger partial charge in [0.05, 0.1) is 16.7 Å². The number of aryl methyl sites for hydroxylation is 1. The molecular weight excluding hydrogens is 339 g/mol. The van der Waals surface area contributed by atoms with Gasteiger partial charge in [0.2, 0.25) is 0 Å². The van der Waals surface area contributed by atoms with Gasteiger partial charge in [-0.15, -0.1) is 0 Å². The van der Waals surface area contributed by atoms with Crippen molar-refractivity contribution in [2.24, 2.45) is 0 Å². The van der Waals surface area contributed by atoms with E-state index in [4.69, 9.17) is 0 Å². The molecule has 2 aromatic rings. The molecule has 6 heteroatoms. The topological polar surface area (TPSA) is 52.0 Å². The Morgan fingerprint density at radius 1 is 1.29 bits per heavy atom. The molecule has 0 amide bonds. The van der Waals surface area contributed by atoms with Crippen molar-refractivity contribution in [2.75, 3.05) is 0 Å². The molecule has 1 aromatic carbocycles. The second-order valence-electron chi connectivity index (χ2n) is 4.81. The molecule has 1 heterocycles. The molecular formula is C15H14BrFN2O2. The van der Waals surface area contributed by atoms with Crippen molar-refractivity contribution in [3.63, 3.8) is 0 Å². The number of benzene rings is 1. The number of ketones is 1. The molecule has 2 rings (SSSR count). The van der Waals surface area contributed by atoms with Gasteiger partial charge in [-0.2, -0.15) is 4.98 Å². The van der Waals surface area contributed by atoms with Crippen LogP contribution in [0.25, 0.3) is 0 Å². The number of carbonyl (C=O) groups is 1. The molecule has 0 aliphatic heterocycles. The molecule has 0 saturated heterocycles. The molecule has 110 valence electrons. The first kappa shape index (κ1) is 15.6. The second kappa shape index (κ2) is 6.30. The zero-order valence-corrected chi connectivity index (χ0v) is 13.3. The van der Waals surface area contributed by atoms with E-state index in [1.165, 1.54) is 16.7 Å². The summed E-state index contributed by atoms with van der Waals surface area (Å²) in [7, 11) is 0. The highest BCUT2D eigenvalue weighted by Gasteiger charge is 2.13. The van der Waals surface area contributed by atoms with Crippen molar-refractivity contribution in [3.8, 4) is 0 Å². The van der Waals surface area contributed by atoms with Crippen LogP contribution in [0.5, 0.6) is 0 Å². The average Bonchev–Trinajstić information content (AvgIpc) is 2.44. The first-order chi connectivity index (χ1) is 9.88. The third kappa shape index (κ3) is 3.64. The van der Waals surface area contributed by atoms with Crippen LogP contribution < -0.4 is 5.69 Å². The van der Waals surface area contributed by atoms with Crippen LogP contribution in [-0.2, 0) is 17.8 Å². The van der Waals surface area contributed by atoms with Gasteiger partial charge in [-0.1, -0.05) is 12.1 Å². The van der Waals surface area contributed by atoms with E-state index < -0.39 is 5.69 Å². The molecule has 0 radical (unpaired) electrons. The van der Waals surface area contributed by atoms with Gasteiger partial charge in [-0.05, 0) is 47.5 Å². The highest BCUT2D eigenvalue weighted by atomic mass is 79.9. The lowest BCUT2D eigenvalue weighted by Crippen LogP contribution is -2.30. The zero-order valence-electron chi connectivity index (χ0n) is 11.7. The minimum atomic E-state index is -0.444. The molecule has 0 spiro atoms. The smallest absolute Gasteiger partial charge is 0.297 e. The monoisotopic (exact) mass is 352 g/mol. The Labute approximate surface area is 129 Å². The Balaban J connectivity index is 2.19. The van der Waals surface area contributed by atoms with Gasteiger partial charge < -0.3 is 0 Å². The van der Waals surface area contributed by atoms with Gasteiger partial charge >= 0.3 is 5.69 Å². The lowest BCUT2D eigenvalue weighted by Gasteiger charge is -2.11. The maximum absolute atomic E-state index is 12.8. The minimum absolute atomic E-state index is 0.0477. The van der Waals surface area contributed by atoms with Crippen LogP contribution in [0.15, 0.2) is 33.5 Å². The summed E-state index contributed by atoms with van der Waals surface area (Å²) >= 11 is 3.35. The molecule has 0 saturated carbocycles. The molecule has 0 N–H and O–H groups in total. The molecule has 0 unspecified atom stereocenters. The van der Waals surface area contributed by atoms with Crippen LogP contribution in [-0.4, -0.2) is 15.3 Å². The van der Waals surface area contributed by atoms with E-state index in [-0.39, 0.29) is 24.6 Å². The Kier molecular flexibility index (Phi) is 4.67.